The minimum Gasteiger partial charge on any atom is -0.470 e. The van der Waals surface area contributed by atoms with Gasteiger partial charge < -0.3 is 9.47 Å². The van der Waals surface area contributed by atoms with Gasteiger partial charge in [0.05, 0.1) is 7.11 Å². The van der Waals surface area contributed by atoms with Gasteiger partial charge >= 0.3 is 5.97 Å². The van der Waals surface area contributed by atoms with E-state index in [0.29, 0.717) is 5.75 Å². The minimum absolute atomic E-state index is 0.191. The molecule has 0 spiro atoms. The highest BCUT2D eigenvalue weighted by atomic mass is 16.6. The summed E-state index contributed by atoms with van der Waals surface area (Å²) < 4.78 is 10.1. The van der Waals surface area contributed by atoms with Crippen LogP contribution in [0.3, 0.4) is 0 Å². The van der Waals surface area contributed by atoms with E-state index in [0.717, 1.165) is 16.3 Å². The lowest BCUT2D eigenvalue weighted by atomic mass is 9.95. The van der Waals surface area contributed by atoms with Gasteiger partial charge in [0.15, 0.2) is 5.78 Å². The number of esters is 1. The largest absolute Gasteiger partial charge is 0.470 e. The third-order valence-corrected chi connectivity index (χ3v) is 3.30. The summed E-state index contributed by atoms with van der Waals surface area (Å²) in [4.78, 5) is 23.5. The van der Waals surface area contributed by atoms with Crippen LogP contribution in [-0.4, -0.2) is 25.0 Å². The molecule has 0 fully saturated rings. The lowest BCUT2D eigenvalue weighted by molar-refractivity contribution is -0.153. The van der Waals surface area contributed by atoms with Crippen molar-refractivity contribution in [2.75, 3.05) is 7.11 Å². The predicted molar refractivity (Wildman–Crippen MR) is 69.1 cm³/mol. The van der Waals surface area contributed by atoms with Crippen molar-refractivity contribution in [1.82, 2.24) is 0 Å². The second kappa shape index (κ2) is 4.39. The molecule has 1 atom stereocenters. The number of hydrogen-bond donors (Lipinski definition) is 0. The van der Waals surface area contributed by atoms with Gasteiger partial charge in [0, 0.05) is 12.0 Å². The van der Waals surface area contributed by atoms with Crippen LogP contribution in [0.4, 0.5) is 0 Å². The van der Waals surface area contributed by atoms with Crippen LogP contribution in [0.2, 0.25) is 0 Å². The Morgan fingerprint density at radius 3 is 2.84 bits per heavy atom. The molecule has 2 aromatic rings. The smallest absolute Gasteiger partial charge is 0.354 e. The van der Waals surface area contributed by atoms with Crippen molar-refractivity contribution in [2.45, 2.75) is 12.5 Å². The first-order chi connectivity index (χ1) is 9.20. The van der Waals surface area contributed by atoms with E-state index in [9.17, 15) is 9.59 Å². The molecule has 1 aliphatic heterocycles. The molecule has 0 amide bonds. The number of rotatable bonds is 1. The summed E-state index contributed by atoms with van der Waals surface area (Å²) in [5, 5.41) is 2.03. The summed E-state index contributed by atoms with van der Waals surface area (Å²) in [6.07, 6.45) is -0.949. The van der Waals surface area contributed by atoms with E-state index in [1.165, 1.54) is 7.11 Å². The number of Topliss-reactive ketones (excluding diaryl/α,β-unsaturated/α-hetero) is 1. The molecular formula is C15H12O4. The number of ketones is 1. The van der Waals surface area contributed by atoms with Gasteiger partial charge in [0.1, 0.15) is 5.75 Å². The summed E-state index contributed by atoms with van der Waals surface area (Å²) in [5.74, 6) is -0.340. The van der Waals surface area contributed by atoms with Gasteiger partial charge in [0.25, 0.3) is 6.10 Å². The molecule has 0 bridgehead atoms. The normalized spacial score (nSPS) is 17.7. The third-order valence-electron chi connectivity index (χ3n) is 3.30. The van der Waals surface area contributed by atoms with E-state index >= 15 is 0 Å². The van der Waals surface area contributed by atoms with Gasteiger partial charge in [-0.3, -0.25) is 4.79 Å². The number of fused-ring (bicyclic) bond motifs is 3. The number of carbonyl (C=O) groups excluding carboxylic acids is 2. The topological polar surface area (TPSA) is 52.6 Å². The van der Waals surface area contributed by atoms with Crippen molar-refractivity contribution in [2.24, 2.45) is 0 Å². The maximum absolute atomic E-state index is 12.0. The summed E-state index contributed by atoms with van der Waals surface area (Å²) in [5.41, 5.74) is 0.836. The first-order valence-corrected chi connectivity index (χ1v) is 5.98. The average molecular weight is 256 g/mol. The standard InChI is InChI=1S/C15H12O4/c1-18-15(17)14-12(16)8-11-10-5-3-2-4-9(10)6-7-13(11)19-14/h2-7,14H,8H2,1H3. The Morgan fingerprint density at radius 1 is 1.26 bits per heavy atom. The van der Waals surface area contributed by atoms with E-state index in [1.807, 2.05) is 30.3 Å². The van der Waals surface area contributed by atoms with Crippen molar-refractivity contribution in [3.8, 4) is 5.75 Å². The molecule has 2 aromatic carbocycles. The molecule has 0 N–H and O–H groups in total. The van der Waals surface area contributed by atoms with Crippen LogP contribution in [0.1, 0.15) is 5.56 Å². The monoisotopic (exact) mass is 256 g/mol. The van der Waals surface area contributed by atoms with E-state index in [1.54, 1.807) is 6.07 Å². The summed E-state index contributed by atoms with van der Waals surface area (Å²) in [6.45, 7) is 0. The first-order valence-electron chi connectivity index (χ1n) is 5.98. The maximum Gasteiger partial charge on any atom is 0.354 e. The van der Waals surface area contributed by atoms with Crippen LogP contribution in [-0.2, 0) is 20.7 Å². The molecule has 1 unspecified atom stereocenters. The molecule has 19 heavy (non-hydrogen) atoms. The second-order valence-electron chi connectivity index (χ2n) is 4.43. The maximum atomic E-state index is 12.0. The molecule has 0 aliphatic carbocycles. The molecule has 3 rings (SSSR count). The highest BCUT2D eigenvalue weighted by Crippen LogP contribution is 2.32. The zero-order valence-electron chi connectivity index (χ0n) is 10.4. The molecule has 4 nitrogen and oxygen atoms in total. The van der Waals surface area contributed by atoms with Crippen LogP contribution in [0.15, 0.2) is 36.4 Å². The average Bonchev–Trinajstić information content (AvgIpc) is 2.45. The third kappa shape index (κ3) is 1.85. The molecule has 0 aromatic heterocycles. The summed E-state index contributed by atoms with van der Waals surface area (Å²) in [6, 6.07) is 11.5. The number of methoxy groups -OCH3 is 1. The van der Waals surface area contributed by atoms with E-state index in [2.05, 4.69) is 4.74 Å². The van der Waals surface area contributed by atoms with Crippen LogP contribution >= 0.6 is 0 Å². The Balaban J connectivity index is 2.10. The molecule has 1 heterocycles. The fourth-order valence-electron chi connectivity index (χ4n) is 2.35. The van der Waals surface area contributed by atoms with Crippen molar-refractivity contribution in [3.63, 3.8) is 0 Å². The molecule has 0 saturated carbocycles. The van der Waals surface area contributed by atoms with Crippen LogP contribution < -0.4 is 4.74 Å². The lowest BCUT2D eigenvalue weighted by Crippen LogP contribution is -2.40. The van der Waals surface area contributed by atoms with Crippen molar-refractivity contribution >= 4 is 22.5 Å². The van der Waals surface area contributed by atoms with Crippen LogP contribution in [0.25, 0.3) is 10.8 Å². The van der Waals surface area contributed by atoms with Gasteiger partial charge in [-0.25, -0.2) is 4.79 Å². The van der Waals surface area contributed by atoms with E-state index in [-0.39, 0.29) is 12.2 Å². The van der Waals surface area contributed by atoms with Gasteiger partial charge in [-0.05, 0) is 16.8 Å². The lowest BCUT2D eigenvalue weighted by Gasteiger charge is -2.24. The van der Waals surface area contributed by atoms with Crippen molar-refractivity contribution in [1.29, 1.82) is 0 Å². The fraction of sp³-hybridized carbons (Fsp3) is 0.200. The van der Waals surface area contributed by atoms with Crippen LogP contribution in [0.5, 0.6) is 5.75 Å². The molecule has 4 heteroatoms. The highest BCUT2D eigenvalue weighted by molar-refractivity contribution is 6.06. The SMILES string of the molecule is COC(=O)C1Oc2ccc3ccccc3c2CC1=O. The van der Waals surface area contributed by atoms with E-state index < -0.39 is 12.1 Å². The molecule has 1 aliphatic rings. The molecule has 96 valence electrons. The Kier molecular flexibility index (Phi) is 2.71. The second-order valence-corrected chi connectivity index (χ2v) is 4.43. The van der Waals surface area contributed by atoms with Gasteiger partial charge in [0.2, 0.25) is 0 Å². The Bertz CT molecular complexity index is 675. The predicted octanol–water partition coefficient (Wildman–Crippen LogP) is 1.89. The number of ether oxygens (including phenoxy) is 2. The fourth-order valence-corrected chi connectivity index (χ4v) is 2.35. The van der Waals surface area contributed by atoms with Gasteiger partial charge in [-0.1, -0.05) is 30.3 Å². The van der Waals surface area contributed by atoms with Gasteiger partial charge in [-0.15, -0.1) is 0 Å². The number of carbonyl (C=O) groups is 2. The van der Waals surface area contributed by atoms with E-state index in [4.69, 9.17) is 4.74 Å². The summed E-state index contributed by atoms with van der Waals surface area (Å²) in [7, 11) is 1.24. The quantitative estimate of drug-likeness (QED) is 0.577. The zero-order chi connectivity index (χ0) is 13.4. The molecule has 0 radical (unpaired) electrons. The number of hydrogen-bond acceptors (Lipinski definition) is 4. The summed E-state index contributed by atoms with van der Waals surface area (Å²) >= 11 is 0. The number of benzene rings is 2. The Hall–Kier alpha value is -2.36. The molecule has 0 saturated heterocycles. The minimum atomic E-state index is -1.14. The van der Waals surface area contributed by atoms with Crippen LogP contribution in [0, 0.1) is 0 Å². The first kappa shape index (κ1) is 11.7. The van der Waals surface area contributed by atoms with Crippen molar-refractivity contribution < 1.29 is 19.1 Å². The highest BCUT2D eigenvalue weighted by Gasteiger charge is 2.35. The molecular weight excluding hydrogens is 244 g/mol. The Morgan fingerprint density at radius 2 is 2.05 bits per heavy atom. The van der Waals surface area contributed by atoms with Crippen molar-refractivity contribution in [3.05, 3.63) is 42.0 Å². The Labute approximate surface area is 109 Å². The van der Waals surface area contributed by atoms with Gasteiger partial charge in [-0.2, -0.15) is 0 Å². The zero-order valence-corrected chi connectivity index (χ0v) is 10.4.